The highest BCUT2D eigenvalue weighted by atomic mass is 79.9. The highest BCUT2D eigenvalue weighted by Crippen LogP contribution is 2.32. The van der Waals surface area contributed by atoms with Crippen LogP contribution in [0.3, 0.4) is 0 Å². The lowest BCUT2D eigenvalue weighted by molar-refractivity contribution is -0.120. The van der Waals surface area contributed by atoms with Gasteiger partial charge in [0.15, 0.2) is 0 Å². The first kappa shape index (κ1) is 14.0. The Labute approximate surface area is 124 Å². The van der Waals surface area contributed by atoms with Crippen molar-refractivity contribution in [3.8, 4) is 0 Å². The van der Waals surface area contributed by atoms with E-state index in [2.05, 4.69) is 37.2 Å². The molecule has 0 radical (unpaired) electrons. The molecule has 1 fully saturated rings. The zero-order chi connectivity index (χ0) is 13.1. The molecule has 0 saturated heterocycles. The summed E-state index contributed by atoms with van der Waals surface area (Å²) in [5.41, 5.74) is 6.65. The van der Waals surface area contributed by atoms with Crippen LogP contribution in [0.5, 0.6) is 0 Å². The number of carbonyl (C=O) groups excluding carboxylic acids is 1. The summed E-state index contributed by atoms with van der Waals surface area (Å²) in [5, 5.41) is 2.99. The summed E-state index contributed by atoms with van der Waals surface area (Å²) in [5.74, 6) is 0.179. The van der Waals surface area contributed by atoms with Gasteiger partial charge in [-0.1, -0.05) is 6.07 Å². The second kappa shape index (κ2) is 6.17. The standard InChI is InChI=1S/C13H16Br2N2O/c14-10-2-1-3-11(15)12(10)17-13(18)8-4-6-9(16)7-5-8/h1-3,8-9H,4-7,16H2,(H,17,18). The molecule has 0 bridgehead atoms. The van der Waals surface area contributed by atoms with Crippen LogP contribution in [0.1, 0.15) is 25.7 Å². The van der Waals surface area contributed by atoms with Gasteiger partial charge in [0.25, 0.3) is 0 Å². The van der Waals surface area contributed by atoms with Crippen LogP contribution in [0.4, 0.5) is 5.69 Å². The summed E-state index contributed by atoms with van der Waals surface area (Å²) < 4.78 is 1.77. The van der Waals surface area contributed by atoms with Crippen LogP contribution < -0.4 is 11.1 Å². The minimum Gasteiger partial charge on any atom is -0.328 e. The largest absolute Gasteiger partial charge is 0.328 e. The number of rotatable bonds is 2. The summed E-state index contributed by atoms with van der Waals surface area (Å²) in [6.45, 7) is 0. The quantitative estimate of drug-likeness (QED) is 0.828. The van der Waals surface area contributed by atoms with Gasteiger partial charge in [-0.05, 0) is 69.7 Å². The van der Waals surface area contributed by atoms with Crippen molar-refractivity contribution in [1.82, 2.24) is 0 Å². The maximum absolute atomic E-state index is 12.2. The Morgan fingerprint density at radius 3 is 2.28 bits per heavy atom. The Hall–Kier alpha value is -0.390. The van der Waals surface area contributed by atoms with E-state index in [0.717, 1.165) is 40.3 Å². The van der Waals surface area contributed by atoms with Gasteiger partial charge in [-0.25, -0.2) is 0 Å². The molecule has 0 heterocycles. The van der Waals surface area contributed by atoms with Crippen molar-refractivity contribution in [2.45, 2.75) is 31.7 Å². The van der Waals surface area contributed by atoms with Crippen LogP contribution in [0.25, 0.3) is 0 Å². The van der Waals surface area contributed by atoms with Crippen molar-refractivity contribution in [2.24, 2.45) is 11.7 Å². The van der Waals surface area contributed by atoms with E-state index in [1.807, 2.05) is 18.2 Å². The maximum Gasteiger partial charge on any atom is 0.227 e. The topological polar surface area (TPSA) is 55.1 Å². The lowest BCUT2D eigenvalue weighted by atomic mass is 9.86. The van der Waals surface area contributed by atoms with Gasteiger partial charge in [0, 0.05) is 20.9 Å². The third kappa shape index (κ3) is 3.33. The smallest absolute Gasteiger partial charge is 0.227 e. The SMILES string of the molecule is NC1CCC(C(=O)Nc2c(Br)cccc2Br)CC1. The average Bonchev–Trinajstić information content (AvgIpc) is 2.34. The van der Waals surface area contributed by atoms with Crippen molar-refractivity contribution in [3.05, 3.63) is 27.1 Å². The molecule has 1 saturated carbocycles. The first-order valence-electron chi connectivity index (χ1n) is 6.08. The Morgan fingerprint density at radius 1 is 1.17 bits per heavy atom. The van der Waals surface area contributed by atoms with Gasteiger partial charge in [0.1, 0.15) is 0 Å². The molecule has 3 nitrogen and oxygen atoms in total. The van der Waals surface area contributed by atoms with Gasteiger partial charge in [0.05, 0.1) is 5.69 Å². The Balaban J connectivity index is 2.03. The van der Waals surface area contributed by atoms with Gasteiger partial charge in [0.2, 0.25) is 5.91 Å². The molecular weight excluding hydrogens is 360 g/mol. The van der Waals surface area contributed by atoms with Crippen LogP contribution in [0.2, 0.25) is 0 Å². The molecule has 0 aromatic heterocycles. The second-order valence-electron chi connectivity index (χ2n) is 4.70. The van der Waals surface area contributed by atoms with Crippen LogP contribution in [-0.2, 0) is 4.79 Å². The van der Waals surface area contributed by atoms with E-state index in [0.29, 0.717) is 0 Å². The summed E-state index contributed by atoms with van der Waals surface area (Å²) in [6.07, 6.45) is 3.65. The molecule has 1 amide bonds. The van der Waals surface area contributed by atoms with Gasteiger partial charge >= 0.3 is 0 Å². The summed E-state index contributed by atoms with van der Waals surface area (Å²) in [6, 6.07) is 6.02. The Bertz CT molecular complexity index is 422. The predicted octanol–water partition coefficient (Wildman–Crippen LogP) is 3.67. The predicted molar refractivity (Wildman–Crippen MR) is 80.4 cm³/mol. The zero-order valence-electron chi connectivity index (χ0n) is 9.96. The Kier molecular flexibility index (Phi) is 4.81. The van der Waals surface area contributed by atoms with Gasteiger partial charge in [-0.3, -0.25) is 4.79 Å². The number of amides is 1. The number of para-hydroxylation sites is 1. The molecule has 1 aliphatic rings. The van der Waals surface area contributed by atoms with Gasteiger partial charge in [-0.2, -0.15) is 0 Å². The molecule has 1 aromatic carbocycles. The van der Waals surface area contributed by atoms with Crippen molar-refractivity contribution in [2.75, 3.05) is 5.32 Å². The number of nitrogens with two attached hydrogens (primary N) is 1. The number of benzene rings is 1. The molecular formula is C13H16Br2N2O. The fourth-order valence-electron chi connectivity index (χ4n) is 2.22. The molecule has 5 heteroatoms. The van der Waals surface area contributed by atoms with Crippen LogP contribution in [0.15, 0.2) is 27.1 Å². The lowest BCUT2D eigenvalue weighted by Gasteiger charge is -2.25. The molecule has 0 unspecified atom stereocenters. The minimum atomic E-state index is 0.0869. The molecule has 1 aromatic rings. The van der Waals surface area contributed by atoms with Crippen LogP contribution >= 0.6 is 31.9 Å². The zero-order valence-corrected chi connectivity index (χ0v) is 13.1. The third-order valence-corrected chi connectivity index (χ3v) is 4.68. The van der Waals surface area contributed by atoms with E-state index < -0.39 is 0 Å². The number of hydrogen-bond acceptors (Lipinski definition) is 2. The van der Waals surface area contributed by atoms with Crippen LogP contribution in [-0.4, -0.2) is 11.9 Å². The second-order valence-corrected chi connectivity index (χ2v) is 6.41. The molecule has 0 spiro atoms. The van der Waals surface area contributed by atoms with E-state index in [4.69, 9.17) is 5.73 Å². The highest BCUT2D eigenvalue weighted by Gasteiger charge is 2.25. The number of hydrogen-bond donors (Lipinski definition) is 2. The highest BCUT2D eigenvalue weighted by molar-refractivity contribution is 9.11. The van der Waals surface area contributed by atoms with Crippen molar-refractivity contribution < 1.29 is 4.79 Å². The number of carbonyl (C=O) groups is 1. The van der Waals surface area contributed by atoms with E-state index >= 15 is 0 Å². The molecule has 2 rings (SSSR count). The molecule has 18 heavy (non-hydrogen) atoms. The van der Waals surface area contributed by atoms with E-state index in [1.165, 1.54) is 0 Å². The fraction of sp³-hybridized carbons (Fsp3) is 0.462. The summed E-state index contributed by atoms with van der Waals surface area (Å²) in [4.78, 5) is 12.2. The summed E-state index contributed by atoms with van der Waals surface area (Å²) in [7, 11) is 0. The van der Waals surface area contributed by atoms with Crippen molar-refractivity contribution in [1.29, 1.82) is 0 Å². The normalized spacial score (nSPS) is 23.7. The number of halogens is 2. The molecule has 98 valence electrons. The molecule has 0 atom stereocenters. The molecule has 3 N–H and O–H groups in total. The van der Waals surface area contributed by atoms with E-state index in [9.17, 15) is 4.79 Å². The fourth-order valence-corrected chi connectivity index (χ4v) is 3.42. The van der Waals surface area contributed by atoms with Crippen molar-refractivity contribution >= 4 is 43.5 Å². The summed E-state index contributed by atoms with van der Waals surface area (Å²) >= 11 is 6.89. The maximum atomic E-state index is 12.2. The first-order valence-corrected chi connectivity index (χ1v) is 7.67. The van der Waals surface area contributed by atoms with Gasteiger partial charge in [-0.15, -0.1) is 0 Å². The average molecular weight is 376 g/mol. The monoisotopic (exact) mass is 374 g/mol. The third-order valence-electron chi connectivity index (χ3n) is 3.35. The first-order chi connectivity index (χ1) is 8.58. The van der Waals surface area contributed by atoms with Gasteiger partial charge < -0.3 is 11.1 Å². The van der Waals surface area contributed by atoms with Crippen molar-refractivity contribution in [3.63, 3.8) is 0 Å². The molecule has 0 aliphatic heterocycles. The number of anilines is 1. The van der Waals surface area contributed by atoms with E-state index in [-0.39, 0.29) is 17.9 Å². The number of nitrogens with one attached hydrogen (secondary N) is 1. The molecule has 1 aliphatic carbocycles. The lowest BCUT2D eigenvalue weighted by Crippen LogP contribution is -2.32. The Morgan fingerprint density at radius 2 is 1.72 bits per heavy atom. The van der Waals surface area contributed by atoms with E-state index in [1.54, 1.807) is 0 Å². The minimum absolute atomic E-state index is 0.0869. The van der Waals surface area contributed by atoms with Crippen LogP contribution in [0, 0.1) is 5.92 Å².